The molecule has 1 N–H and O–H groups in total. The van der Waals surface area contributed by atoms with E-state index in [9.17, 15) is 13.2 Å². The Balaban J connectivity index is 2.05. The number of hydrogen-bond acceptors (Lipinski definition) is 3. The number of rotatable bonds is 6. The van der Waals surface area contributed by atoms with E-state index >= 15 is 0 Å². The Labute approximate surface area is 143 Å². The first kappa shape index (κ1) is 18.2. The SMILES string of the molecule is CC(=O)NCC[C@@H]1CCCCN1S(=O)(=O)Cc1ccc(Cl)cc1. The zero-order chi connectivity index (χ0) is 16.9. The van der Waals surface area contributed by atoms with Crippen molar-refractivity contribution in [2.24, 2.45) is 0 Å². The highest BCUT2D eigenvalue weighted by Gasteiger charge is 2.31. The second-order valence-electron chi connectivity index (χ2n) is 5.91. The molecule has 1 heterocycles. The topological polar surface area (TPSA) is 66.5 Å². The minimum Gasteiger partial charge on any atom is -0.356 e. The van der Waals surface area contributed by atoms with E-state index in [1.807, 2.05) is 0 Å². The summed E-state index contributed by atoms with van der Waals surface area (Å²) >= 11 is 5.84. The minimum atomic E-state index is -3.37. The van der Waals surface area contributed by atoms with Gasteiger partial charge in [-0.05, 0) is 37.0 Å². The minimum absolute atomic E-state index is 0.0131. The predicted octanol–water partition coefficient (Wildman–Crippen LogP) is 2.55. The highest BCUT2D eigenvalue weighted by molar-refractivity contribution is 7.88. The summed E-state index contributed by atoms with van der Waals surface area (Å²) in [6.07, 6.45) is 3.41. The van der Waals surface area contributed by atoms with E-state index in [4.69, 9.17) is 11.6 Å². The van der Waals surface area contributed by atoms with Crippen molar-refractivity contribution in [3.8, 4) is 0 Å². The Kier molecular flexibility index (Phi) is 6.44. The van der Waals surface area contributed by atoms with Gasteiger partial charge in [0.25, 0.3) is 0 Å². The molecule has 1 amide bonds. The molecule has 0 unspecified atom stereocenters. The number of amides is 1. The van der Waals surface area contributed by atoms with Crippen molar-refractivity contribution in [1.82, 2.24) is 9.62 Å². The lowest BCUT2D eigenvalue weighted by molar-refractivity contribution is -0.119. The fraction of sp³-hybridized carbons (Fsp3) is 0.562. The summed E-state index contributed by atoms with van der Waals surface area (Å²) in [5.74, 6) is -0.0998. The molecule has 0 aromatic heterocycles. The predicted molar refractivity (Wildman–Crippen MR) is 91.7 cm³/mol. The fourth-order valence-corrected chi connectivity index (χ4v) is 4.90. The molecule has 1 atom stereocenters. The van der Waals surface area contributed by atoms with Crippen LogP contribution in [0.3, 0.4) is 0 Å². The summed E-state index contributed by atoms with van der Waals surface area (Å²) < 4.78 is 27.1. The molecule has 23 heavy (non-hydrogen) atoms. The zero-order valence-corrected chi connectivity index (χ0v) is 14.9. The van der Waals surface area contributed by atoms with E-state index in [0.717, 1.165) is 24.8 Å². The summed E-state index contributed by atoms with van der Waals surface area (Å²) in [5.41, 5.74) is 0.737. The first-order valence-electron chi connectivity index (χ1n) is 7.87. The van der Waals surface area contributed by atoms with E-state index < -0.39 is 10.0 Å². The molecular weight excluding hydrogens is 336 g/mol. The first-order chi connectivity index (χ1) is 10.9. The Hall–Kier alpha value is -1.11. The molecule has 1 fully saturated rings. The smallest absolute Gasteiger partial charge is 0.218 e. The van der Waals surface area contributed by atoms with Crippen molar-refractivity contribution < 1.29 is 13.2 Å². The van der Waals surface area contributed by atoms with Crippen LogP contribution in [0.15, 0.2) is 24.3 Å². The molecule has 1 aromatic rings. The van der Waals surface area contributed by atoms with Gasteiger partial charge in [0.15, 0.2) is 0 Å². The molecule has 1 saturated heterocycles. The van der Waals surface area contributed by atoms with Crippen LogP contribution in [0.2, 0.25) is 5.02 Å². The molecule has 0 aliphatic carbocycles. The average molecular weight is 359 g/mol. The van der Waals surface area contributed by atoms with Crippen LogP contribution in [0.5, 0.6) is 0 Å². The van der Waals surface area contributed by atoms with Crippen LogP contribution in [-0.4, -0.2) is 37.8 Å². The van der Waals surface area contributed by atoms with Gasteiger partial charge in [-0.3, -0.25) is 4.79 Å². The van der Waals surface area contributed by atoms with Gasteiger partial charge >= 0.3 is 0 Å². The van der Waals surface area contributed by atoms with Crippen molar-refractivity contribution in [2.45, 2.75) is 44.4 Å². The molecule has 2 rings (SSSR count). The molecule has 7 heteroatoms. The van der Waals surface area contributed by atoms with Gasteiger partial charge in [0.05, 0.1) is 5.75 Å². The number of halogens is 1. The van der Waals surface area contributed by atoms with E-state index in [-0.39, 0.29) is 17.7 Å². The second kappa shape index (κ2) is 8.13. The number of hydrogen-bond donors (Lipinski definition) is 1. The van der Waals surface area contributed by atoms with Crippen LogP contribution in [-0.2, 0) is 20.6 Å². The van der Waals surface area contributed by atoms with Crippen LogP contribution in [0.1, 0.15) is 38.2 Å². The summed E-state index contributed by atoms with van der Waals surface area (Å²) in [5, 5.41) is 3.34. The maximum atomic E-state index is 12.8. The van der Waals surface area contributed by atoms with Gasteiger partial charge in [-0.15, -0.1) is 0 Å². The number of carbonyl (C=O) groups excluding carboxylic acids is 1. The molecule has 0 bridgehead atoms. The average Bonchev–Trinajstić information content (AvgIpc) is 2.49. The van der Waals surface area contributed by atoms with Crippen LogP contribution in [0.25, 0.3) is 0 Å². The van der Waals surface area contributed by atoms with Gasteiger partial charge in [-0.25, -0.2) is 8.42 Å². The van der Waals surface area contributed by atoms with Crippen LogP contribution in [0, 0.1) is 0 Å². The lowest BCUT2D eigenvalue weighted by Gasteiger charge is -2.34. The highest BCUT2D eigenvalue weighted by atomic mass is 35.5. The lowest BCUT2D eigenvalue weighted by atomic mass is 10.0. The van der Waals surface area contributed by atoms with E-state index in [2.05, 4.69) is 5.32 Å². The van der Waals surface area contributed by atoms with Crippen LogP contribution >= 0.6 is 11.6 Å². The normalized spacial score (nSPS) is 19.5. The van der Waals surface area contributed by atoms with Crippen LogP contribution < -0.4 is 5.32 Å². The molecule has 1 aliphatic heterocycles. The van der Waals surface area contributed by atoms with Gasteiger partial charge in [0.2, 0.25) is 15.9 Å². The van der Waals surface area contributed by atoms with E-state index in [1.165, 1.54) is 6.92 Å². The number of sulfonamides is 1. The first-order valence-corrected chi connectivity index (χ1v) is 9.85. The fourth-order valence-electron chi connectivity index (χ4n) is 2.92. The summed E-state index contributed by atoms with van der Waals surface area (Å²) in [6, 6.07) is 6.87. The molecule has 1 aliphatic rings. The highest BCUT2D eigenvalue weighted by Crippen LogP contribution is 2.25. The Bertz CT molecular complexity index is 631. The Morgan fingerprint density at radius 3 is 2.65 bits per heavy atom. The monoisotopic (exact) mass is 358 g/mol. The number of nitrogens with one attached hydrogen (secondary N) is 1. The van der Waals surface area contributed by atoms with Crippen molar-refractivity contribution in [1.29, 1.82) is 0 Å². The van der Waals surface area contributed by atoms with Gasteiger partial charge in [-0.1, -0.05) is 30.2 Å². The molecule has 128 valence electrons. The second-order valence-corrected chi connectivity index (χ2v) is 8.27. The van der Waals surface area contributed by atoms with E-state index in [1.54, 1.807) is 28.6 Å². The molecule has 5 nitrogen and oxygen atoms in total. The quantitative estimate of drug-likeness (QED) is 0.849. The summed E-state index contributed by atoms with van der Waals surface area (Å²) in [4.78, 5) is 11.0. The molecule has 0 radical (unpaired) electrons. The van der Waals surface area contributed by atoms with Gasteiger partial charge < -0.3 is 5.32 Å². The van der Waals surface area contributed by atoms with Gasteiger partial charge in [-0.2, -0.15) is 4.31 Å². The van der Waals surface area contributed by atoms with E-state index in [0.29, 0.717) is 24.5 Å². The maximum absolute atomic E-state index is 12.8. The zero-order valence-electron chi connectivity index (χ0n) is 13.3. The largest absolute Gasteiger partial charge is 0.356 e. The van der Waals surface area contributed by atoms with Crippen molar-refractivity contribution in [2.75, 3.05) is 13.1 Å². The maximum Gasteiger partial charge on any atom is 0.218 e. The molecular formula is C16H23ClN2O3S. The van der Waals surface area contributed by atoms with Crippen LogP contribution in [0.4, 0.5) is 0 Å². The van der Waals surface area contributed by atoms with Crippen molar-refractivity contribution in [3.63, 3.8) is 0 Å². The summed E-state index contributed by atoms with van der Waals surface area (Å²) in [7, 11) is -3.37. The Morgan fingerprint density at radius 1 is 1.30 bits per heavy atom. The number of piperidine rings is 1. The third kappa shape index (κ3) is 5.48. The number of benzene rings is 1. The van der Waals surface area contributed by atoms with Crippen molar-refractivity contribution in [3.05, 3.63) is 34.9 Å². The Morgan fingerprint density at radius 2 is 2.00 bits per heavy atom. The van der Waals surface area contributed by atoms with Gasteiger partial charge in [0.1, 0.15) is 0 Å². The lowest BCUT2D eigenvalue weighted by Crippen LogP contribution is -2.45. The van der Waals surface area contributed by atoms with Gasteiger partial charge in [0, 0.05) is 31.1 Å². The third-order valence-electron chi connectivity index (χ3n) is 4.04. The molecule has 1 aromatic carbocycles. The molecule has 0 saturated carbocycles. The molecule has 0 spiro atoms. The number of nitrogens with zero attached hydrogens (tertiary/aromatic N) is 1. The standard InChI is InChI=1S/C16H23ClN2O3S/c1-13(20)18-10-9-16-4-2-3-11-19(16)23(21,22)12-14-5-7-15(17)8-6-14/h5-8,16H,2-4,9-12H2,1H3,(H,18,20)/t16-/m0/s1. The number of carbonyl (C=O) groups is 1. The summed E-state index contributed by atoms with van der Waals surface area (Å²) in [6.45, 7) is 2.53. The van der Waals surface area contributed by atoms with Crippen molar-refractivity contribution >= 4 is 27.5 Å². The third-order valence-corrected chi connectivity index (χ3v) is 6.19.